The highest BCUT2D eigenvalue weighted by Gasteiger charge is 2.17. The number of benzene rings is 1. The first kappa shape index (κ1) is 15.9. The number of carbonyl (C=O) groups excluding carboxylic acids is 1. The van der Waals surface area contributed by atoms with E-state index in [1.807, 2.05) is 0 Å². The van der Waals surface area contributed by atoms with Gasteiger partial charge in [0.1, 0.15) is 0 Å². The smallest absolute Gasteiger partial charge is 0.251 e. The molecule has 0 saturated carbocycles. The van der Waals surface area contributed by atoms with E-state index >= 15 is 0 Å². The third-order valence-corrected chi connectivity index (χ3v) is 4.59. The van der Waals surface area contributed by atoms with Gasteiger partial charge in [0.05, 0.1) is 11.0 Å². The van der Waals surface area contributed by atoms with E-state index in [4.69, 9.17) is 9.88 Å². The van der Waals surface area contributed by atoms with Crippen LogP contribution < -0.4 is 10.5 Å². The number of hydrogen-bond acceptors (Lipinski definition) is 4. The molecule has 0 radical (unpaired) electrons. The zero-order valence-electron chi connectivity index (χ0n) is 12.0. The molecule has 1 amide bonds. The topological polar surface area (TPSA) is 98.5 Å². The molecule has 116 valence electrons. The number of primary sulfonamides is 1. The standard InChI is InChI=1S/C14H20N2O4S/c1-10-4-5-11(9-13(10)21(15,18)19)14(17)16-7-6-12-3-2-8-20-12/h4-5,9,12H,2-3,6-8H2,1H3,(H,16,17)(H2,15,18,19). The first-order valence-corrected chi connectivity index (χ1v) is 8.46. The maximum atomic E-state index is 12.0. The van der Waals surface area contributed by atoms with Gasteiger partial charge < -0.3 is 10.1 Å². The highest BCUT2D eigenvalue weighted by Crippen LogP contribution is 2.16. The van der Waals surface area contributed by atoms with Crippen molar-refractivity contribution in [3.05, 3.63) is 29.3 Å². The minimum Gasteiger partial charge on any atom is -0.378 e. The molecular formula is C14H20N2O4S. The van der Waals surface area contributed by atoms with Crippen molar-refractivity contribution in [3.63, 3.8) is 0 Å². The molecule has 1 aliphatic heterocycles. The molecule has 0 aliphatic carbocycles. The summed E-state index contributed by atoms with van der Waals surface area (Å²) in [6.07, 6.45) is 3.06. The Morgan fingerprint density at radius 2 is 2.24 bits per heavy atom. The van der Waals surface area contributed by atoms with Crippen LogP contribution in [-0.2, 0) is 14.8 Å². The summed E-state index contributed by atoms with van der Waals surface area (Å²) in [4.78, 5) is 12.0. The SMILES string of the molecule is Cc1ccc(C(=O)NCCC2CCCO2)cc1S(N)(=O)=O. The second-order valence-electron chi connectivity index (χ2n) is 5.20. The predicted octanol–water partition coefficient (Wildman–Crippen LogP) is 0.941. The van der Waals surface area contributed by atoms with E-state index in [1.54, 1.807) is 19.1 Å². The lowest BCUT2D eigenvalue weighted by atomic mass is 10.1. The molecular weight excluding hydrogens is 292 g/mol. The van der Waals surface area contributed by atoms with Crippen LogP contribution in [0.2, 0.25) is 0 Å². The van der Waals surface area contributed by atoms with E-state index in [9.17, 15) is 13.2 Å². The Hall–Kier alpha value is -1.44. The molecule has 1 saturated heterocycles. The molecule has 6 nitrogen and oxygen atoms in total. The van der Waals surface area contributed by atoms with E-state index in [0.29, 0.717) is 12.1 Å². The predicted molar refractivity (Wildman–Crippen MR) is 78.5 cm³/mol. The largest absolute Gasteiger partial charge is 0.378 e. The number of aryl methyl sites for hydroxylation is 1. The van der Waals surface area contributed by atoms with Crippen molar-refractivity contribution >= 4 is 15.9 Å². The summed E-state index contributed by atoms with van der Waals surface area (Å²) in [7, 11) is -3.82. The monoisotopic (exact) mass is 312 g/mol. The zero-order chi connectivity index (χ0) is 15.5. The number of hydrogen-bond donors (Lipinski definition) is 2. The number of nitrogens with one attached hydrogen (secondary N) is 1. The van der Waals surface area contributed by atoms with Crippen LogP contribution in [0.4, 0.5) is 0 Å². The van der Waals surface area contributed by atoms with Crippen LogP contribution >= 0.6 is 0 Å². The Bertz CT molecular complexity index is 622. The number of rotatable bonds is 5. The zero-order valence-corrected chi connectivity index (χ0v) is 12.8. The minimum absolute atomic E-state index is 0.0192. The molecule has 1 aromatic rings. The summed E-state index contributed by atoms with van der Waals surface area (Å²) in [5, 5.41) is 7.90. The van der Waals surface area contributed by atoms with Gasteiger partial charge in [0.2, 0.25) is 10.0 Å². The summed E-state index contributed by atoms with van der Waals surface area (Å²) < 4.78 is 28.4. The Morgan fingerprint density at radius 1 is 1.48 bits per heavy atom. The summed E-state index contributed by atoms with van der Waals surface area (Å²) in [6.45, 7) is 2.93. The third kappa shape index (κ3) is 4.26. The molecule has 1 fully saturated rings. The molecule has 3 N–H and O–H groups in total. The average molecular weight is 312 g/mol. The Kier molecular flexibility index (Phi) is 4.97. The molecule has 21 heavy (non-hydrogen) atoms. The first-order chi connectivity index (χ1) is 9.88. The maximum absolute atomic E-state index is 12.0. The van der Waals surface area contributed by atoms with Gasteiger partial charge in [-0.05, 0) is 43.9 Å². The molecule has 1 atom stereocenters. The molecule has 7 heteroatoms. The van der Waals surface area contributed by atoms with Crippen LogP contribution in [0.1, 0.15) is 35.2 Å². The van der Waals surface area contributed by atoms with E-state index < -0.39 is 10.0 Å². The molecule has 1 aromatic carbocycles. The lowest BCUT2D eigenvalue weighted by Gasteiger charge is -2.11. The lowest BCUT2D eigenvalue weighted by molar-refractivity contribution is 0.0907. The van der Waals surface area contributed by atoms with Crippen LogP contribution in [0, 0.1) is 6.92 Å². The normalized spacial score (nSPS) is 18.7. The van der Waals surface area contributed by atoms with Gasteiger partial charge >= 0.3 is 0 Å². The van der Waals surface area contributed by atoms with Crippen LogP contribution in [0.25, 0.3) is 0 Å². The Balaban J connectivity index is 1.99. The third-order valence-electron chi connectivity index (χ3n) is 3.53. The molecule has 1 unspecified atom stereocenters. The van der Waals surface area contributed by atoms with Crippen LogP contribution in [0.5, 0.6) is 0 Å². The van der Waals surface area contributed by atoms with Crippen molar-refractivity contribution in [2.75, 3.05) is 13.2 Å². The molecule has 0 bridgehead atoms. The minimum atomic E-state index is -3.82. The van der Waals surface area contributed by atoms with Crippen molar-refractivity contribution in [2.45, 2.75) is 37.2 Å². The average Bonchev–Trinajstić information content (AvgIpc) is 2.91. The van der Waals surface area contributed by atoms with Gasteiger partial charge in [-0.15, -0.1) is 0 Å². The van der Waals surface area contributed by atoms with Gasteiger partial charge in [-0.2, -0.15) is 0 Å². The molecule has 0 spiro atoms. The molecule has 1 aliphatic rings. The Morgan fingerprint density at radius 3 is 2.86 bits per heavy atom. The molecule has 2 rings (SSSR count). The van der Waals surface area contributed by atoms with Crippen LogP contribution in [0.15, 0.2) is 23.1 Å². The molecule has 0 aromatic heterocycles. The van der Waals surface area contributed by atoms with Gasteiger partial charge in [-0.3, -0.25) is 4.79 Å². The fraction of sp³-hybridized carbons (Fsp3) is 0.500. The van der Waals surface area contributed by atoms with Crippen molar-refractivity contribution < 1.29 is 17.9 Å². The highest BCUT2D eigenvalue weighted by molar-refractivity contribution is 7.89. The van der Waals surface area contributed by atoms with E-state index in [2.05, 4.69) is 5.32 Å². The fourth-order valence-electron chi connectivity index (χ4n) is 2.37. The number of amides is 1. The lowest BCUT2D eigenvalue weighted by Crippen LogP contribution is -2.27. The van der Waals surface area contributed by atoms with Crippen molar-refractivity contribution in [1.29, 1.82) is 0 Å². The van der Waals surface area contributed by atoms with Gasteiger partial charge in [-0.1, -0.05) is 6.07 Å². The van der Waals surface area contributed by atoms with Crippen molar-refractivity contribution in [2.24, 2.45) is 5.14 Å². The first-order valence-electron chi connectivity index (χ1n) is 6.91. The van der Waals surface area contributed by atoms with Gasteiger partial charge in [-0.25, -0.2) is 13.6 Å². The van der Waals surface area contributed by atoms with Crippen molar-refractivity contribution in [3.8, 4) is 0 Å². The van der Waals surface area contributed by atoms with E-state index in [-0.39, 0.29) is 22.5 Å². The van der Waals surface area contributed by atoms with Gasteiger partial charge in [0, 0.05) is 18.7 Å². The van der Waals surface area contributed by atoms with Crippen LogP contribution in [0.3, 0.4) is 0 Å². The number of carbonyl (C=O) groups is 1. The second-order valence-corrected chi connectivity index (χ2v) is 6.73. The van der Waals surface area contributed by atoms with Crippen LogP contribution in [-0.4, -0.2) is 33.6 Å². The highest BCUT2D eigenvalue weighted by atomic mass is 32.2. The van der Waals surface area contributed by atoms with Gasteiger partial charge in [0.15, 0.2) is 0 Å². The maximum Gasteiger partial charge on any atom is 0.251 e. The van der Waals surface area contributed by atoms with E-state index in [0.717, 1.165) is 25.9 Å². The number of nitrogens with two attached hydrogens (primary N) is 1. The summed E-state index contributed by atoms with van der Waals surface area (Å²) in [5.41, 5.74) is 0.811. The quantitative estimate of drug-likeness (QED) is 0.845. The number of sulfonamides is 1. The molecule has 1 heterocycles. The van der Waals surface area contributed by atoms with E-state index in [1.165, 1.54) is 6.07 Å². The fourth-order valence-corrected chi connectivity index (χ4v) is 3.18. The van der Waals surface area contributed by atoms with Crippen molar-refractivity contribution in [1.82, 2.24) is 5.32 Å². The second kappa shape index (κ2) is 6.55. The Labute approximate surface area is 124 Å². The summed E-state index contributed by atoms with van der Waals surface area (Å²) >= 11 is 0. The summed E-state index contributed by atoms with van der Waals surface area (Å²) in [5.74, 6) is -0.308. The van der Waals surface area contributed by atoms with Gasteiger partial charge in [0.25, 0.3) is 5.91 Å². The number of ether oxygens (including phenoxy) is 1. The summed E-state index contributed by atoms with van der Waals surface area (Å²) in [6, 6.07) is 4.48.